The molecule has 0 aliphatic rings. The van der Waals surface area contributed by atoms with E-state index in [-0.39, 0.29) is 0 Å². The number of thiazole rings is 1. The molecule has 0 saturated carbocycles. The molecule has 1 atom stereocenters. The molecule has 2 rings (SSSR count). The Labute approximate surface area is 107 Å². The molecule has 0 amide bonds. The second kappa shape index (κ2) is 5.65. The van der Waals surface area contributed by atoms with Gasteiger partial charge in [-0.2, -0.15) is 0 Å². The first-order chi connectivity index (χ1) is 8.19. The minimum atomic E-state index is 0.546. The van der Waals surface area contributed by atoms with Crippen LogP contribution in [0.1, 0.15) is 32.9 Å². The summed E-state index contributed by atoms with van der Waals surface area (Å²) in [4.78, 5) is 5.74. The summed E-state index contributed by atoms with van der Waals surface area (Å²) in [6.45, 7) is 7.74. The number of rotatable bonds is 6. The first-order valence-corrected chi connectivity index (χ1v) is 7.21. The molecule has 0 aliphatic carbocycles. The standard InChI is InChI=1S/C13H21N3S/c1-4-14-11(7-10(2)3)8-12-9-16-5-6-17-13(16)15-12/h5-6,9-11,14H,4,7-8H2,1-3H3. The molecule has 3 nitrogen and oxygen atoms in total. The van der Waals surface area contributed by atoms with E-state index in [9.17, 15) is 0 Å². The SMILES string of the molecule is CCNC(Cc1cn2ccsc2n1)CC(C)C. The van der Waals surface area contributed by atoms with Crippen molar-refractivity contribution in [2.45, 2.75) is 39.7 Å². The van der Waals surface area contributed by atoms with Crippen LogP contribution in [-0.2, 0) is 6.42 Å². The molecule has 0 bridgehead atoms. The van der Waals surface area contributed by atoms with Crippen LogP contribution in [0.2, 0.25) is 0 Å². The van der Waals surface area contributed by atoms with E-state index in [4.69, 9.17) is 0 Å². The lowest BCUT2D eigenvalue weighted by molar-refractivity contribution is 0.421. The highest BCUT2D eigenvalue weighted by molar-refractivity contribution is 7.15. The Kier molecular flexibility index (Phi) is 4.18. The van der Waals surface area contributed by atoms with Gasteiger partial charge < -0.3 is 5.32 Å². The number of nitrogens with one attached hydrogen (secondary N) is 1. The Morgan fingerprint density at radius 1 is 1.47 bits per heavy atom. The fourth-order valence-electron chi connectivity index (χ4n) is 2.22. The lowest BCUT2D eigenvalue weighted by atomic mass is 10.00. The molecule has 2 aromatic rings. The van der Waals surface area contributed by atoms with E-state index in [1.165, 1.54) is 12.1 Å². The van der Waals surface area contributed by atoms with E-state index in [0.29, 0.717) is 6.04 Å². The molecular formula is C13H21N3S. The first-order valence-electron chi connectivity index (χ1n) is 6.33. The third kappa shape index (κ3) is 3.30. The quantitative estimate of drug-likeness (QED) is 0.855. The molecule has 2 aromatic heterocycles. The normalized spacial score (nSPS) is 13.6. The first kappa shape index (κ1) is 12.6. The predicted octanol–water partition coefficient (Wildman–Crippen LogP) is 2.96. The van der Waals surface area contributed by atoms with Gasteiger partial charge in [0.1, 0.15) is 0 Å². The van der Waals surface area contributed by atoms with Gasteiger partial charge in [-0.15, -0.1) is 11.3 Å². The monoisotopic (exact) mass is 251 g/mol. The van der Waals surface area contributed by atoms with Crippen LogP contribution in [-0.4, -0.2) is 22.0 Å². The third-order valence-electron chi connectivity index (χ3n) is 2.85. The summed E-state index contributed by atoms with van der Waals surface area (Å²) in [5.41, 5.74) is 1.20. The molecular weight excluding hydrogens is 230 g/mol. The molecule has 0 saturated heterocycles. The van der Waals surface area contributed by atoms with Crippen molar-refractivity contribution >= 4 is 16.3 Å². The van der Waals surface area contributed by atoms with Crippen molar-refractivity contribution in [3.8, 4) is 0 Å². The van der Waals surface area contributed by atoms with Gasteiger partial charge >= 0.3 is 0 Å². The van der Waals surface area contributed by atoms with Crippen molar-refractivity contribution in [1.29, 1.82) is 0 Å². The summed E-state index contributed by atoms with van der Waals surface area (Å²) in [5, 5.41) is 5.62. The Morgan fingerprint density at radius 3 is 2.94 bits per heavy atom. The Hall–Kier alpha value is -0.870. The maximum Gasteiger partial charge on any atom is 0.193 e. The van der Waals surface area contributed by atoms with Crippen molar-refractivity contribution in [2.75, 3.05) is 6.54 Å². The molecule has 1 N–H and O–H groups in total. The largest absolute Gasteiger partial charge is 0.314 e. The second-order valence-electron chi connectivity index (χ2n) is 4.91. The summed E-state index contributed by atoms with van der Waals surface area (Å²) in [5.74, 6) is 0.725. The molecule has 4 heteroatoms. The number of fused-ring (bicyclic) bond motifs is 1. The van der Waals surface area contributed by atoms with Crippen LogP contribution in [0.3, 0.4) is 0 Å². The molecule has 0 spiro atoms. The van der Waals surface area contributed by atoms with Crippen LogP contribution in [0.5, 0.6) is 0 Å². The van der Waals surface area contributed by atoms with Gasteiger partial charge in [0.15, 0.2) is 4.96 Å². The van der Waals surface area contributed by atoms with E-state index < -0.39 is 0 Å². The summed E-state index contributed by atoms with van der Waals surface area (Å²) in [7, 11) is 0. The van der Waals surface area contributed by atoms with Crippen LogP contribution >= 0.6 is 11.3 Å². The molecule has 0 aromatic carbocycles. The zero-order valence-corrected chi connectivity index (χ0v) is 11.6. The zero-order chi connectivity index (χ0) is 12.3. The van der Waals surface area contributed by atoms with Gasteiger partial charge in [-0.25, -0.2) is 4.98 Å². The van der Waals surface area contributed by atoms with Crippen molar-refractivity contribution in [3.05, 3.63) is 23.5 Å². The maximum absolute atomic E-state index is 4.64. The third-order valence-corrected chi connectivity index (χ3v) is 3.62. The van der Waals surface area contributed by atoms with Crippen molar-refractivity contribution in [2.24, 2.45) is 5.92 Å². The predicted molar refractivity (Wildman–Crippen MR) is 73.7 cm³/mol. The maximum atomic E-state index is 4.64. The van der Waals surface area contributed by atoms with Crippen LogP contribution in [0.15, 0.2) is 17.8 Å². The average Bonchev–Trinajstić information content (AvgIpc) is 2.76. The fourth-order valence-corrected chi connectivity index (χ4v) is 2.94. The van der Waals surface area contributed by atoms with Gasteiger partial charge in [0.05, 0.1) is 5.69 Å². The molecule has 0 aliphatic heterocycles. The van der Waals surface area contributed by atoms with Gasteiger partial charge in [-0.05, 0) is 18.9 Å². The van der Waals surface area contributed by atoms with Crippen LogP contribution < -0.4 is 5.32 Å². The molecule has 0 radical (unpaired) electrons. The van der Waals surface area contributed by atoms with Gasteiger partial charge in [0, 0.05) is 30.2 Å². The number of hydrogen-bond acceptors (Lipinski definition) is 3. The van der Waals surface area contributed by atoms with Crippen molar-refractivity contribution < 1.29 is 0 Å². The molecule has 1 unspecified atom stereocenters. The lowest BCUT2D eigenvalue weighted by Gasteiger charge is -2.18. The number of nitrogens with zero attached hydrogens (tertiary/aromatic N) is 2. The summed E-state index contributed by atoms with van der Waals surface area (Å²) >= 11 is 1.69. The van der Waals surface area contributed by atoms with Gasteiger partial charge in [-0.1, -0.05) is 20.8 Å². The summed E-state index contributed by atoms with van der Waals surface area (Å²) in [6.07, 6.45) is 6.46. The lowest BCUT2D eigenvalue weighted by Crippen LogP contribution is -2.32. The number of aromatic nitrogens is 2. The zero-order valence-electron chi connectivity index (χ0n) is 10.8. The number of imidazole rings is 1. The van der Waals surface area contributed by atoms with Crippen LogP contribution in [0.4, 0.5) is 0 Å². The van der Waals surface area contributed by atoms with E-state index in [1.807, 2.05) is 0 Å². The summed E-state index contributed by atoms with van der Waals surface area (Å²) < 4.78 is 2.11. The van der Waals surface area contributed by atoms with E-state index in [2.05, 4.69) is 53.2 Å². The van der Waals surface area contributed by atoms with E-state index in [1.54, 1.807) is 11.3 Å². The molecule has 94 valence electrons. The summed E-state index contributed by atoms with van der Waals surface area (Å²) in [6, 6.07) is 0.546. The number of hydrogen-bond donors (Lipinski definition) is 1. The Morgan fingerprint density at radius 2 is 2.29 bits per heavy atom. The fraction of sp³-hybridized carbons (Fsp3) is 0.615. The van der Waals surface area contributed by atoms with E-state index in [0.717, 1.165) is 23.8 Å². The minimum Gasteiger partial charge on any atom is -0.314 e. The van der Waals surface area contributed by atoms with Crippen molar-refractivity contribution in [1.82, 2.24) is 14.7 Å². The Balaban J connectivity index is 2.03. The van der Waals surface area contributed by atoms with Crippen molar-refractivity contribution in [3.63, 3.8) is 0 Å². The Bertz CT molecular complexity index is 429. The topological polar surface area (TPSA) is 29.3 Å². The minimum absolute atomic E-state index is 0.546. The highest BCUT2D eigenvalue weighted by atomic mass is 32.1. The second-order valence-corrected chi connectivity index (χ2v) is 5.79. The smallest absolute Gasteiger partial charge is 0.193 e. The van der Waals surface area contributed by atoms with Gasteiger partial charge in [-0.3, -0.25) is 4.40 Å². The molecule has 0 fully saturated rings. The van der Waals surface area contributed by atoms with Gasteiger partial charge in [0.2, 0.25) is 0 Å². The molecule has 2 heterocycles. The van der Waals surface area contributed by atoms with Crippen LogP contribution in [0, 0.1) is 5.92 Å². The highest BCUT2D eigenvalue weighted by Gasteiger charge is 2.12. The highest BCUT2D eigenvalue weighted by Crippen LogP contribution is 2.15. The van der Waals surface area contributed by atoms with Crippen LogP contribution in [0.25, 0.3) is 4.96 Å². The average molecular weight is 251 g/mol. The molecule has 17 heavy (non-hydrogen) atoms. The van der Waals surface area contributed by atoms with E-state index >= 15 is 0 Å². The number of likely N-dealkylation sites (N-methyl/N-ethyl adjacent to an activating group) is 1. The van der Waals surface area contributed by atoms with Gasteiger partial charge in [0.25, 0.3) is 0 Å².